The number of aliphatic hydroxyl groups is 1. The van der Waals surface area contributed by atoms with Crippen LogP contribution in [0.1, 0.15) is 24.0 Å². The number of aliphatic hydroxyl groups excluding tert-OH is 1. The van der Waals surface area contributed by atoms with E-state index in [4.69, 9.17) is 9.84 Å². The first-order chi connectivity index (χ1) is 10.2. The number of nitrogens with one attached hydrogen (secondary N) is 2. The van der Waals surface area contributed by atoms with Gasteiger partial charge in [0.05, 0.1) is 18.6 Å². The largest absolute Gasteiger partial charge is 0.392 e. The number of piperidine rings is 1. The number of hydrogen-bond acceptors (Lipinski definition) is 4. The van der Waals surface area contributed by atoms with E-state index in [2.05, 4.69) is 10.6 Å². The van der Waals surface area contributed by atoms with Gasteiger partial charge >= 0.3 is 0 Å². The fourth-order valence-electron chi connectivity index (χ4n) is 2.75. The van der Waals surface area contributed by atoms with Gasteiger partial charge in [-0.15, -0.1) is 0 Å². The molecule has 1 aromatic carbocycles. The van der Waals surface area contributed by atoms with Crippen LogP contribution in [0.25, 0.3) is 0 Å². The predicted octanol–water partition coefficient (Wildman–Crippen LogP) is 0.811. The minimum Gasteiger partial charge on any atom is -0.392 e. The number of ether oxygens (including phenoxy) is 1. The van der Waals surface area contributed by atoms with Crippen molar-refractivity contribution < 1.29 is 14.6 Å². The third-order valence-electron chi connectivity index (χ3n) is 4.12. The van der Waals surface area contributed by atoms with E-state index in [0.29, 0.717) is 13.2 Å². The second kappa shape index (κ2) is 7.54. The van der Waals surface area contributed by atoms with Gasteiger partial charge in [0.15, 0.2) is 0 Å². The summed E-state index contributed by atoms with van der Waals surface area (Å²) >= 11 is 0. The second-order valence-electron chi connectivity index (χ2n) is 5.62. The van der Waals surface area contributed by atoms with Crippen LogP contribution in [0.5, 0.6) is 0 Å². The van der Waals surface area contributed by atoms with E-state index in [1.165, 1.54) is 0 Å². The van der Waals surface area contributed by atoms with Crippen LogP contribution in [-0.4, -0.2) is 37.8 Å². The fraction of sp³-hybridized carbons (Fsp3) is 0.562. The maximum atomic E-state index is 12.5. The number of hydrogen-bond donors (Lipinski definition) is 3. The Balaban J connectivity index is 1.94. The SMILES string of the molecule is COCC1(C(=O)NCc2ccc(CO)cc2)CCNCC1. The highest BCUT2D eigenvalue weighted by atomic mass is 16.5. The van der Waals surface area contributed by atoms with Crippen molar-refractivity contribution in [2.75, 3.05) is 26.8 Å². The zero-order chi connectivity index (χ0) is 15.1. The number of carbonyl (C=O) groups excluding carboxylic acids is 1. The maximum Gasteiger partial charge on any atom is 0.228 e. The lowest BCUT2D eigenvalue weighted by Gasteiger charge is -2.35. The second-order valence-corrected chi connectivity index (χ2v) is 5.62. The molecule has 0 aromatic heterocycles. The highest BCUT2D eigenvalue weighted by Gasteiger charge is 2.39. The van der Waals surface area contributed by atoms with Crippen LogP contribution in [0, 0.1) is 5.41 Å². The van der Waals surface area contributed by atoms with Crippen LogP contribution < -0.4 is 10.6 Å². The van der Waals surface area contributed by atoms with Gasteiger partial charge < -0.3 is 20.5 Å². The molecule has 1 aliphatic heterocycles. The van der Waals surface area contributed by atoms with Gasteiger partial charge in [-0.3, -0.25) is 4.79 Å². The van der Waals surface area contributed by atoms with Crippen LogP contribution in [0.2, 0.25) is 0 Å². The van der Waals surface area contributed by atoms with Gasteiger partial charge in [-0.2, -0.15) is 0 Å². The lowest BCUT2D eigenvalue weighted by molar-refractivity contribution is -0.136. The van der Waals surface area contributed by atoms with Crippen molar-refractivity contribution in [3.63, 3.8) is 0 Å². The normalized spacial score (nSPS) is 17.4. The summed E-state index contributed by atoms with van der Waals surface area (Å²) < 4.78 is 5.27. The van der Waals surface area contributed by atoms with Crippen molar-refractivity contribution in [1.29, 1.82) is 0 Å². The van der Waals surface area contributed by atoms with E-state index in [1.807, 2.05) is 24.3 Å². The third kappa shape index (κ3) is 4.03. The van der Waals surface area contributed by atoms with E-state index < -0.39 is 5.41 Å². The Kier molecular flexibility index (Phi) is 5.73. The van der Waals surface area contributed by atoms with Gasteiger partial charge in [0.2, 0.25) is 5.91 Å². The molecule has 0 spiro atoms. The lowest BCUT2D eigenvalue weighted by atomic mass is 9.78. The summed E-state index contributed by atoms with van der Waals surface area (Å²) in [6.07, 6.45) is 1.60. The Hall–Kier alpha value is -1.43. The number of amides is 1. The van der Waals surface area contributed by atoms with E-state index in [9.17, 15) is 4.79 Å². The van der Waals surface area contributed by atoms with E-state index in [-0.39, 0.29) is 12.5 Å². The maximum absolute atomic E-state index is 12.5. The summed E-state index contributed by atoms with van der Waals surface area (Å²) in [5, 5.41) is 15.3. The summed E-state index contributed by atoms with van der Waals surface area (Å²) in [6.45, 7) is 2.70. The standard InChI is InChI=1S/C16H24N2O3/c1-21-12-16(6-8-17-9-7-16)15(20)18-10-13-2-4-14(11-19)5-3-13/h2-5,17,19H,6-12H2,1H3,(H,18,20). The van der Waals surface area contributed by atoms with Crippen molar-refractivity contribution in [3.8, 4) is 0 Å². The van der Waals surface area contributed by atoms with Crippen LogP contribution in [-0.2, 0) is 22.7 Å². The minimum atomic E-state index is -0.412. The molecule has 21 heavy (non-hydrogen) atoms. The van der Waals surface area contributed by atoms with Gasteiger partial charge in [-0.05, 0) is 37.1 Å². The molecule has 0 unspecified atom stereocenters. The van der Waals surface area contributed by atoms with E-state index in [0.717, 1.165) is 37.1 Å². The molecule has 0 saturated carbocycles. The molecule has 1 aliphatic rings. The van der Waals surface area contributed by atoms with Crippen LogP contribution in [0.3, 0.4) is 0 Å². The number of benzene rings is 1. The fourth-order valence-corrected chi connectivity index (χ4v) is 2.75. The van der Waals surface area contributed by atoms with Crippen molar-refractivity contribution >= 4 is 5.91 Å². The monoisotopic (exact) mass is 292 g/mol. The molecule has 5 heteroatoms. The Bertz CT molecular complexity index is 448. The molecule has 0 atom stereocenters. The first-order valence-electron chi connectivity index (χ1n) is 7.37. The number of carbonyl (C=O) groups is 1. The predicted molar refractivity (Wildman–Crippen MR) is 80.6 cm³/mol. The van der Waals surface area contributed by atoms with Gasteiger partial charge in [-0.25, -0.2) is 0 Å². The highest BCUT2D eigenvalue weighted by molar-refractivity contribution is 5.83. The molecule has 0 bridgehead atoms. The molecule has 1 heterocycles. The Morgan fingerprint density at radius 2 is 1.90 bits per heavy atom. The van der Waals surface area contributed by atoms with Crippen LogP contribution in [0.4, 0.5) is 0 Å². The summed E-state index contributed by atoms with van der Waals surface area (Å²) in [7, 11) is 1.64. The van der Waals surface area contributed by atoms with E-state index in [1.54, 1.807) is 7.11 Å². The number of methoxy groups -OCH3 is 1. The van der Waals surface area contributed by atoms with Crippen LogP contribution in [0.15, 0.2) is 24.3 Å². The molecule has 1 aromatic rings. The van der Waals surface area contributed by atoms with Crippen molar-refractivity contribution in [3.05, 3.63) is 35.4 Å². The number of rotatable bonds is 6. The molecule has 0 aliphatic carbocycles. The molecule has 116 valence electrons. The molecule has 0 radical (unpaired) electrons. The molecule has 2 rings (SSSR count). The first-order valence-corrected chi connectivity index (χ1v) is 7.37. The van der Waals surface area contributed by atoms with Gasteiger partial charge in [-0.1, -0.05) is 24.3 Å². The molecular formula is C16H24N2O3. The smallest absolute Gasteiger partial charge is 0.228 e. The van der Waals surface area contributed by atoms with Gasteiger partial charge in [0.25, 0.3) is 0 Å². The Morgan fingerprint density at radius 3 is 2.48 bits per heavy atom. The van der Waals surface area contributed by atoms with Gasteiger partial charge in [0.1, 0.15) is 0 Å². The molecule has 1 amide bonds. The van der Waals surface area contributed by atoms with E-state index >= 15 is 0 Å². The van der Waals surface area contributed by atoms with Crippen molar-refractivity contribution in [2.45, 2.75) is 26.0 Å². The molecule has 3 N–H and O–H groups in total. The van der Waals surface area contributed by atoms with Crippen LogP contribution >= 0.6 is 0 Å². The highest BCUT2D eigenvalue weighted by Crippen LogP contribution is 2.29. The summed E-state index contributed by atoms with van der Waals surface area (Å²) in [6, 6.07) is 7.60. The quantitative estimate of drug-likeness (QED) is 0.726. The van der Waals surface area contributed by atoms with Gasteiger partial charge in [0, 0.05) is 13.7 Å². The summed E-state index contributed by atoms with van der Waals surface area (Å²) in [5.74, 6) is 0.0667. The Morgan fingerprint density at radius 1 is 1.29 bits per heavy atom. The minimum absolute atomic E-state index is 0.0383. The summed E-state index contributed by atoms with van der Waals surface area (Å²) in [4.78, 5) is 12.5. The van der Waals surface area contributed by atoms with Crippen molar-refractivity contribution in [2.24, 2.45) is 5.41 Å². The molecule has 1 saturated heterocycles. The zero-order valence-electron chi connectivity index (χ0n) is 12.5. The molecule has 5 nitrogen and oxygen atoms in total. The molecular weight excluding hydrogens is 268 g/mol. The van der Waals surface area contributed by atoms with Crippen molar-refractivity contribution in [1.82, 2.24) is 10.6 Å². The Labute approximate surface area is 125 Å². The average molecular weight is 292 g/mol. The molecule has 1 fully saturated rings. The third-order valence-corrected chi connectivity index (χ3v) is 4.12. The topological polar surface area (TPSA) is 70.6 Å². The first kappa shape index (κ1) is 15.9. The zero-order valence-corrected chi connectivity index (χ0v) is 12.5. The lowest BCUT2D eigenvalue weighted by Crippen LogP contribution is -2.49. The summed E-state index contributed by atoms with van der Waals surface area (Å²) in [5.41, 5.74) is 1.49. The average Bonchev–Trinajstić information content (AvgIpc) is 2.54.